The van der Waals surface area contributed by atoms with Gasteiger partial charge in [0.2, 0.25) is 11.9 Å². The summed E-state index contributed by atoms with van der Waals surface area (Å²) in [6.45, 7) is 4.49. The number of carbonyl (C=O) groups is 1. The first-order valence-corrected chi connectivity index (χ1v) is 9.11. The molecular weight excluding hydrogens is 358 g/mol. The van der Waals surface area contributed by atoms with Gasteiger partial charge in [0.05, 0.1) is 10.2 Å². The van der Waals surface area contributed by atoms with Crippen molar-refractivity contribution in [3.63, 3.8) is 0 Å². The molecule has 130 valence electrons. The van der Waals surface area contributed by atoms with Crippen LogP contribution in [0, 0.1) is 13.8 Å². The maximum atomic E-state index is 12.0. The first kappa shape index (κ1) is 17.6. The molecular formula is C17H18ClN5OS. The van der Waals surface area contributed by atoms with Gasteiger partial charge in [0, 0.05) is 29.4 Å². The van der Waals surface area contributed by atoms with E-state index in [1.807, 2.05) is 32.0 Å². The molecule has 0 aliphatic carbocycles. The van der Waals surface area contributed by atoms with Crippen LogP contribution in [0.25, 0.3) is 10.2 Å². The predicted molar refractivity (Wildman–Crippen MR) is 102 cm³/mol. The van der Waals surface area contributed by atoms with Crippen molar-refractivity contribution in [1.82, 2.24) is 15.0 Å². The highest BCUT2D eigenvalue weighted by Gasteiger charge is 2.08. The van der Waals surface area contributed by atoms with Crippen LogP contribution < -0.4 is 10.6 Å². The van der Waals surface area contributed by atoms with E-state index in [4.69, 9.17) is 11.6 Å². The highest BCUT2D eigenvalue weighted by molar-refractivity contribution is 7.22. The number of aryl methyl sites for hydroxylation is 2. The van der Waals surface area contributed by atoms with Crippen molar-refractivity contribution in [2.75, 3.05) is 17.2 Å². The number of rotatable bonds is 6. The van der Waals surface area contributed by atoms with Gasteiger partial charge in [-0.1, -0.05) is 22.9 Å². The first-order valence-electron chi connectivity index (χ1n) is 7.92. The second-order valence-corrected chi connectivity index (χ2v) is 7.15. The third kappa shape index (κ3) is 4.87. The average molecular weight is 376 g/mol. The van der Waals surface area contributed by atoms with Gasteiger partial charge in [-0.15, -0.1) is 0 Å². The summed E-state index contributed by atoms with van der Waals surface area (Å²) in [6.07, 6.45) is 1.08. The summed E-state index contributed by atoms with van der Waals surface area (Å²) in [5.41, 5.74) is 2.67. The van der Waals surface area contributed by atoms with E-state index in [-0.39, 0.29) is 5.91 Å². The van der Waals surface area contributed by atoms with Crippen LogP contribution in [0.15, 0.2) is 24.3 Å². The minimum atomic E-state index is -0.0618. The van der Waals surface area contributed by atoms with Crippen molar-refractivity contribution in [2.24, 2.45) is 0 Å². The minimum Gasteiger partial charge on any atom is -0.354 e. The molecule has 8 heteroatoms. The molecule has 0 aliphatic heterocycles. The number of hydrogen-bond acceptors (Lipinski definition) is 6. The van der Waals surface area contributed by atoms with Gasteiger partial charge in [0.15, 0.2) is 5.13 Å². The molecule has 25 heavy (non-hydrogen) atoms. The molecule has 0 atom stereocenters. The molecule has 2 N–H and O–H groups in total. The van der Waals surface area contributed by atoms with E-state index in [2.05, 4.69) is 25.6 Å². The number of nitrogens with zero attached hydrogens (tertiary/aromatic N) is 3. The SMILES string of the molecule is Cc1cc(C)nc(NCCCC(=O)Nc2nc3ccc(Cl)cc3s2)n1. The second-order valence-electron chi connectivity index (χ2n) is 5.68. The van der Waals surface area contributed by atoms with Crippen molar-refractivity contribution in [2.45, 2.75) is 26.7 Å². The minimum absolute atomic E-state index is 0.0618. The lowest BCUT2D eigenvalue weighted by molar-refractivity contribution is -0.116. The van der Waals surface area contributed by atoms with Gasteiger partial charge in [-0.05, 0) is 44.5 Å². The lowest BCUT2D eigenvalue weighted by Crippen LogP contribution is -2.14. The molecule has 0 saturated heterocycles. The van der Waals surface area contributed by atoms with Gasteiger partial charge in [0.1, 0.15) is 0 Å². The zero-order valence-electron chi connectivity index (χ0n) is 14.0. The molecule has 0 aliphatic rings. The largest absolute Gasteiger partial charge is 0.354 e. The highest BCUT2D eigenvalue weighted by atomic mass is 35.5. The maximum Gasteiger partial charge on any atom is 0.226 e. The number of fused-ring (bicyclic) bond motifs is 1. The number of amides is 1. The van der Waals surface area contributed by atoms with Gasteiger partial charge >= 0.3 is 0 Å². The van der Waals surface area contributed by atoms with Gasteiger partial charge in [0.25, 0.3) is 0 Å². The summed E-state index contributed by atoms with van der Waals surface area (Å²) < 4.78 is 0.955. The van der Waals surface area contributed by atoms with E-state index in [9.17, 15) is 4.79 Å². The van der Waals surface area contributed by atoms with Crippen LogP contribution in [0.2, 0.25) is 5.02 Å². The second kappa shape index (κ2) is 7.76. The number of benzene rings is 1. The Hall–Kier alpha value is -2.25. The van der Waals surface area contributed by atoms with Crippen LogP contribution >= 0.6 is 22.9 Å². The van der Waals surface area contributed by atoms with E-state index in [1.54, 1.807) is 6.07 Å². The smallest absolute Gasteiger partial charge is 0.226 e. The molecule has 2 aromatic heterocycles. The Kier molecular flexibility index (Phi) is 5.45. The summed E-state index contributed by atoms with van der Waals surface area (Å²) in [6, 6.07) is 7.40. The number of halogens is 1. The number of anilines is 2. The van der Waals surface area contributed by atoms with Crippen molar-refractivity contribution in [1.29, 1.82) is 0 Å². The maximum absolute atomic E-state index is 12.0. The normalized spacial score (nSPS) is 10.8. The topological polar surface area (TPSA) is 79.8 Å². The zero-order chi connectivity index (χ0) is 17.8. The molecule has 1 aromatic carbocycles. The number of carbonyl (C=O) groups excluding carboxylic acids is 1. The predicted octanol–water partition coefficient (Wildman–Crippen LogP) is 4.19. The van der Waals surface area contributed by atoms with Crippen LogP contribution in [0.3, 0.4) is 0 Å². The van der Waals surface area contributed by atoms with Gasteiger partial charge in [-0.3, -0.25) is 4.79 Å². The third-order valence-corrected chi connectivity index (χ3v) is 4.61. The Morgan fingerprint density at radius 2 is 1.92 bits per heavy atom. The lowest BCUT2D eigenvalue weighted by Gasteiger charge is -2.06. The third-order valence-electron chi connectivity index (χ3n) is 3.44. The van der Waals surface area contributed by atoms with Crippen LogP contribution in [0.5, 0.6) is 0 Å². The monoisotopic (exact) mass is 375 g/mol. The van der Waals surface area contributed by atoms with Crippen LogP contribution in [0.4, 0.5) is 11.1 Å². The first-order chi connectivity index (χ1) is 12.0. The van der Waals surface area contributed by atoms with Gasteiger partial charge in [-0.2, -0.15) is 0 Å². The van der Waals surface area contributed by atoms with E-state index >= 15 is 0 Å². The van der Waals surface area contributed by atoms with Crippen LogP contribution in [-0.2, 0) is 4.79 Å². The van der Waals surface area contributed by atoms with Gasteiger partial charge < -0.3 is 10.6 Å². The molecule has 2 heterocycles. The number of hydrogen-bond donors (Lipinski definition) is 2. The molecule has 3 rings (SSSR count). The molecule has 6 nitrogen and oxygen atoms in total. The standard InChI is InChI=1S/C17H18ClN5OS/c1-10-8-11(2)21-16(20-10)19-7-3-4-15(24)23-17-22-13-6-5-12(18)9-14(13)25-17/h5-6,8-9H,3-4,7H2,1-2H3,(H,19,20,21)(H,22,23,24). The number of nitrogens with one attached hydrogen (secondary N) is 2. The summed E-state index contributed by atoms with van der Waals surface area (Å²) in [7, 11) is 0. The molecule has 0 fully saturated rings. The lowest BCUT2D eigenvalue weighted by atomic mass is 10.3. The Morgan fingerprint density at radius 1 is 1.16 bits per heavy atom. The summed E-state index contributed by atoms with van der Waals surface area (Å²) in [5.74, 6) is 0.536. The summed E-state index contributed by atoms with van der Waals surface area (Å²) in [4.78, 5) is 25.0. The fourth-order valence-corrected chi connectivity index (χ4v) is 3.55. The Balaban J connectivity index is 1.47. The molecule has 0 saturated carbocycles. The van der Waals surface area contributed by atoms with E-state index in [0.29, 0.717) is 35.5 Å². The molecule has 3 aromatic rings. The summed E-state index contributed by atoms with van der Waals surface area (Å²) in [5, 5.41) is 7.23. The fourth-order valence-electron chi connectivity index (χ4n) is 2.39. The molecule has 1 amide bonds. The fraction of sp³-hybridized carbons (Fsp3) is 0.294. The quantitative estimate of drug-likeness (QED) is 0.631. The van der Waals surface area contributed by atoms with E-state index in [0.717, 1.165) is 21.6 Å². The van der Waals surface area contributed by atoms with Crippen molar-refractivity contribution in [3.05, 3.63) is 40.7 Å². The Morgan fingerprint density at radius 3 is 2.68 bits per heavy atom. The van der Waals surface area contributed by atoms with Crippen molar-refractivity contribution in [3.8, 4) is 0 Å². The Labute approximate surface area is 154 Å². The van der Waals surface area contributed by atoms with Gasteiger partial charge in [-0.25, -0.2) is 15.0 Å². The van der Waals surface area contributed by atoms with E-state index in [1.165, 1.54) is 11.3 Å². The molecule has 0 radical (unpaired) electrons. The molecule has 0 unspecified atom stereocenters. The van der Waals surface area contributed by atoms with Crippen molar-refractivity contribution < 1.29 is 4.79 Å². The number of aromatic nitrogens is 3. The zero-order valence-corrected chi connectivity index (χ0v) is 15.5. The molecule has 0 bridgehead atoms. The van der Waals surface area contributed by atoms with Crippen LogP contribution in [0.1, 0.15) is 24.2 Å². The van der Waals surface area contributed by atoms with E-state index < -0.39 is 0 Å². The highest BCUT2D eigenvalue weighted by Crippen LogP contribution is 2.28. The van der Waals surface area contributed by atoms with Crippen LogP contribution in [-0.4, -0.2) is 27.4 Å². The average Bonchev–Trinajstić information content (AvgIpc) is 2.92. The van der Waals surface area contributed by atoms with Crippen molar-refractivity contribution >= 4 is 50.1 Å². The Bertz CT molecular complexity index is 891. The number of thiazole rings is 1. The summed E-state index contributed by atoms with van der Waals surface area (Å²) >= 11 is 7.38. The molecule has 0 spiro atoms.